The van der Waals surface area contributed by atoms with Gasteiger partial charge in [0.05, 0.1) is 6.61 Å². The molecule has 6 heteroatoms. The highest BCUT2D eigenvalue weighted by Gasteiger charge is 2.37. The molecule has 196 valence electrons. The van der Waals surface area contributed by atoms with E-state index < -0.39 is 0 Å². The molecule has 2 amide bonds. The summed E-state index contributed by atoms with van der Waals surface area (Å²) in [6.45, 7) is 3.15. The summed E-state index contributed by atoms with van der Waals surface area (Å²) in [4.78, 5) is 27.1. The van der Waals surface area contributed by atoms with E-state index in [-0.39, 0.29) is 23.4 Å². The predicted molar refractivity (Wildman–Crippen MR) is 145 cm³/mol. The highest BCUT2D eigenvalue weighted by atomic mass is 16.5. The van der Waals surface area contributed by atoms with E-state index >= 15 is 0 Å². The molecule has 1 aliphatic rings. The molecule has 0 bridgehead atoms. The normalized spacial score (nSPS) is 19.6. The van der Waals surface area contributed by atoms with E-state index in [0.29, 0.717) is 32.4 Å². The SMILES string of the molecule is CCOc1ccccc1CCNC(=O)CCCC(=O)NC1CCC(Cc2ccccc2)(N(C)C)CC1. The van der Waals surface area contributed by atoms with E-state index in [2.05, 4.69) is 60.0 Å². The van der Waals surface area contributed by atoms with Gasteiger partial charge < -0.3 is 20.3 Å². The third kappa shape index (κ3) is 8.37. The lowest BCUT2D eigenvalue weighted by Crippen LogP contribution is -2.52. The first-order valence-electron chi connectivity index (χ1n) is 13.4. The number of likely N-dealkylation sites (N-methyl/N-ethyl adjacent to an activating group) is 1. The van der Waals surface area contributed by atoms with Crippen molar-refractivity contribution in [3.8, 4) is 5.75 Å². The Morgan fingerprint density at radius 3 is 2.33 bits per heavy atom. The maximum atomic E-state index is 12.5. The van der Waals surface area contributed by atoms with Crippen LogP contribution in [0.25, 0.3) is 0 Å². The van der Waals surface area contributed by atoms with Crippen molar-refractivity contribution in [1.29, 1.82) is 0 Å². The van der Waals surface area contributed by atoms with Crippen molar-refractivity contribution in [1.82, 2.24) is 15.5 Å². The highest BCUT2D eigenvalue weighted by molar-refractivity contribution is 5.79. The number of ether oxygens (including phenoxy) is 1. The van der Waals surface area contributed by atoms with Gasteiger partial charge in [-0.15, -0.1) is 0 Å². The quantitative estimate of drug-likeness (QED) is 0.431. The van der Waals surface area contributed by atoms with Crippen LogP contribution in [0.3, 0.4) is 0 Å². The molecule has 0 heterocycles. The fourth-order valence-electron chi connectivity index (χ4n) is 5.20. The lowest BCUT2D eigenvalue weighted by atomic mass is 9.75. The molecule has 0 radical (unpaired) electrons. The van der Waals surface area contributed by atoms with Crippen LogP contribution in [0.15, 0.2) is 54.6 Å². The average molecular weight is 494 g/mol. The van der Waals surface area contributed by atoms with Crippen LogP contribution < -0.4 is 15.4 Å². The second-order valence-electron chi connectivity index (χ2n) is 10.1. The Morgan fingerprint density at radius 1 is 0.972 bits per heavy atom. The minimum absolute atomic E-state index is 0.00830. The van der Waals surface area contributed by atoms with Crippen LogP contribution in [0, 0.1) is 0 Å². The number of carbonyl (C=O) groups excluding carboxylic acids is 2. The highest BCUT2D eigenvalue weighted by Crippen LogP contribution is 2.35. The van der Waals surface area contributed by atoms with Crippen LogP contribution in [0.5, 0.6) is 5.75 Å². The Morgan fingerprint density at radius 2 is 1.64 bits per heavy atom. The smallest absolute Gasteiger partial charge is 0.220 e. The van der Waals surface area contributed by atoms with Gasteiger partial charge in [0.1, 0.15) is 5.75 Å². The number of nitrogens with zero attached hydrogens (tertiary/aromatic N) is 1. The molecule has 2 aromatic rings. The Kier molecular flexibility index (Phi) is 10.8. The van der Waals surface area contributed by atoms with E-state index in [0.717, 1.165) is 49.8 Å². The molecule has 36 heavy (non-hydrogen) atoms. The van der Waals surface area contributed by atoms with E-state index in [4.69, 9.17) is 4.74 Å². The molecule has 0 aliphatic heterocycles. The standard InChI is InChI=1S/C30H43N3O3/c1-4-36-27-14-9-8-13-25(27)19-22-31-28(34)15-10-16-29(35)32-26-17-20-30(21-18-26,33(2)3)23-24-11-6-5-7-12-24/h5-9,11-14,26H,4,10,15-23H2,1-3H3,(H,31,34)(H,32,35). The number of rotatable bonds is 13. The molecule has 3 rings (SSSR count). The Bertz CT molecular complexity index is 953. The lowest BCUT2D eigenvalue weighted by molar-refractivity contribution is -0.123. The van der Waals surface area contributed by atoms with Crippen LogP contribution in [0.1, 0.15) is 63.0 Å². The number of benzene rings is 2. The largest absolute Gasteiger partial charge is 0.494 e. The maximum absolute atomic E-state index is 12.5. The van der Waals surface area contributed by atoms with Crippen LogP contribution in [0.2, 0.25) is 0 Å². The van der Waals surface area contributed by atoms with Gasteiger partial charge in [-0.2, -0.15) is 0 Å². The molecule has 1 saturated carbocycles. The Balaban J connectivity index is 1.33. The fraction of sp³-hybridized carbons (Fsp3) is 0.533. The number of hydrogen-bond acceptors (Lipinski definition) is 4. The van der Waals surface area contributed by atoms with Gasteiger partial charge in [-0.25, -0.2) is 0 Å². The van der Waals surface area contributed by atoms with Gasteiger partial charge >= 0.3 is 0 Å². The molecule has 2 aromatic carbocycles. The van der Waals surface area contributed by atoms with E-state index in [9.17, 15) is 9.59 Å². The third-order valence-electron chi connectivity index (χ3n) is 7.40. The first-order chi connectivity index (χ1) is 17.4. The van der Waals surface area contributed by atoms with Gasteiger partial charge in [-0.05, 0) is 83.2 Å². The average Bonchev–Trinajstić information content (AvgIpc) is 2.87. The molecule has 6 nitrogen and oxygen atoms in total. The first kappa shape index (κ1) is 27.7. The number of nitrogens with one attached hydrogen (secondary N) is 2. The van der Waals surface area contributed by atoms with Crippen LogP contribution in [-0.2, 0) is 22.4 Å². The van der Waals surface area contributed by atoms with Crippen molar-refractivity contribution in [2.75, 3.05) is 27.2 Å². The maximum Gasteiger partial charge on any atom is 0.220 e. The molecule has 2 N–H and O–H groups in total. The topological polar surface area (TPSA) is 70.7 Å². The summed E-state index contributed by atoms with van der Waals surface area (Å²) in [6, 6.07) is 18.8. The third-order valence-corrected chi connectivity index (χ3v) is 7.40. The predicted octanol–water partition coefficient (Wildman–Crippen LogP) is 4.52. The summed E-state index contributed by atoms with van der Waals surface area (Å²) in [5, 5.41) is 6.18. The fourth-order valence-corrected chi connectivity index (χ4v) is 5.20. The number of para-hydroxylation sites is 1. The van der Waals surface area contributed by atoms with Gasteiger partial charge in [-0.3, -0.25) is 9.59 Å². The molecule has 0 spiro atoms. The second kappa shape index (κ2) is 14.0. The summed E-state index contributed by atoms with van der Waals surface area (Å²) < 4.78 is 5.64. The van der Waals surface area contributed by atoms with Crippen molar-refractivity contribution in [3.63, 3.8) is 0 Å². The zero-order valence-electron chi connectivity index (χ0n) is 22.2. The van der Waals surface area contributed by atoms with E-state index in [1.807, 2.05) is 31.2 Å². The summed E-state index contributed by atoms with van der Waals surface area (Å²) in [7, 11) is 4.34. The van der Waals surface area contributed by atoms with Gasteiger partial charge in [0.2, 0.25) is 11.8 Å². The van der Waals surface area contributed by atoms with Crippen molar-refractivity contribution < 1.29 is 14.3 Å². The van der Waals surface area contributed by atoms with Crippen LogP contribution in [0.4, 0.5) is 0 Å². The molecule has 1 aliphatic carbocycles. The molecule has 1 fully saturated rings. The van der Waals surface area contributed by atoms with Gasteiger partial charge in [0.15, 0.2) is 0 Å². The van der Waals surface area contributed by atoms with Gasteiger partial charge in [0.25, 0.3) is 0 Å². The van der Waals surface area contributed by atoms with E-state index in [1.54, 1.807) is 0 Å². The van der Waals surface area contributed by atoms with Crippen molar-refractivity contribution >= 4 is 11.8 Å². The molecule has 0 unspecified atom stereocenters. The Hall–Kier alpha value is -2.86. The van der Waals surface area contributed by atoms with Crippen molar-refractivity contribution in [3.05, 3.63) is 65.7 Å². The Labute approximate surface area is 216 Å². The second-order valence-corrected chi connectivity index (χ2v) is 10.1. The first-order valence-corrected chi connectivity index (χ1v) is 13.4. The number of carbonyl (C=O) groups is 2. The molecular weight excluding hydrogens is 450 g/mol. The molecule has 0 aromatic heterocycles. The summed E-state index contributed by atoms with van der Waals surface area (Å²) in [6.07, 6.45) is 7.18. The van der Waals surface area contributed by atoms with Crippen LogP contribution in [-0.4, -0.2) is 55.5 Å². The number of hydrogen-bond donors (Lipinski definition) is 2. The summed E-state index contributed by atoms with van der Waals surface area (Å²) in [5.41, 5.74) is 2.60. The van der Waals surface area contributed by atoms with E-state index in [1.165, 1.54) is 5.56 Å². The minimum atomic E-state index is -0.00830. The van der Waals surface area contributed by atoms with Gasteiger partial charge in [-0.1, -0.05) is 48.5 Å². The van der Waals surface area contributed by atoms with Crippen LogP contribution >= 0.6 is 0 Å². The monoisotopic (exact) mass is 493 g/mol. The van der Waals surface area contributed by atoms with Crippen molar-refractivity contribution in [2.45, 2.75) is 76.3 Å². The molecular formula is C30H43N3O3. The number of amides is 2. The summed E-state index contributed by atoms with van der Waals surface area (Å²) in [5.74, 6) is 0.918. The van der Waals surface area contributed by atoms with Crippen molar-refractivity contribution in [2.24, 2.45) is 0 Å². The lowest BCUT2D eigenvalue weighted by Gasteiger charge is -2.45. The summed E-state index contributed by atoms with van der Waals surface area (Å²) >= 11 is 0. The van der Waals surface area contributed by atoms with Gasteiger partial charge in [0, 0.05) is 31.0 Å². The zero-order chi connectivity index (χ0) is 25.8. The molecule has 0 saturated heterocycles. The zero-order valence-corrected chi connectivity index (χ0v) is 22.2. The minimum Gasteiger partial charge on any atom is -0.494 e. The molecule has 0 atom stereocenters.